The van der Waals surface area contributed by atoms with Crippen LogP contribution >= 0.6 is 11.3 Å². The lowest BCUT2D eigenvalue weighted by Crippen LogP contribution is -3.08. The fourth-order valence-electron chi connectivity index (χ4n) is 3.39. The summed E-state index contributed by atoms with van der Waals surface area (Å²) in [5, 5.41) is 17.5. The zero-order chi connectivity index (χ0) is 16.1. The van der Waals surface area contributed by atoms with Crippen molar-refractivity contribution in [3.8, 4) is 5.75 Å². The molecule has 0 bridgehead atoms. The van der Waals surface area contributed by atoms with Crippen LogP contribution in [0.15, 0.2) is 18.2 Å². The van der Waals surface area contributed by atoms with Gasteiger partial charge in [-0.2, -0.15) is 0 Å². The number of hydrogen-bond donors (Lipinski definition) is 4. The Bertz CT molecular complexity index is 799. The molecule has 1 aromatic carbocycles. The number of rotatable bonds is 1. The number of likely N-dealkylation sites (N-methyl/N-ethyl adjacent to an activating group) is 1. The predicted octanol–water partition coefficient (Wildman–Crippen LogP) is 1.19. The fraction of sp³-hybridized carbons (Fsp3) is 0.353. The first-order valence-electron chi connectivity index (χ1n) is 7.85. The van der Waals surface area contributed by atoms with E-state index >= 15 is 0 Å². The molecule has 4 rings (SSSR count). The van der Waals surface area contributed by atoms with Crippen LogP contribution < -0.4 is 15.5 Å². The van der Waals surface area contributed by atoms with Crippen LogP contribution in [0.2, 0.25) is 0 Å². The largest absolute Gasteiger partial charge is 0.508 e. The summed E-state index contributed by atoms with van der Waals surface area (Å²) >= 11 is 1.68. The van der Waals surface area contributed by atoms with Gasteiger partial charge < -0.3 is 20.6 Å². The Morgan fingerprint density at radius 2 is 2.17 bits per heavy atom. The van der Waals surface area contributed by atoms with Crippen molar-refractivity contribution in [2.24, 2.45) is 0 Å². The van der Waals surface area contributed by atoms with Crippen molar-refractivity contribution in [3.05, 3.63) is 45.3 Å². The average molecular weight is 330 g/mol. The highest BCUT2D eigenvalue weighted by atomic mass is 32.1. The Balaban J connectivity index is 1.71. The number of quaternary nitrogens is 1. The SMILES string of the molecule is Cc1ccc([C@H]2NC(=O)c3c(sc4c3CC[NH+](C)C4)N2)c(O)c1. The summed E-state index contributed by atoms with van der Waals surface area (Å²) in [4.78, 5) is 15.4. The second kappa shape index (κ2) is 5.25. The van der Waals surface area contributed by atoms with E-state index in [1.165, 1.54) is 15.3 Å². The van der Waals surface area contributed by atoms with Crippen molar-refractivity contribution in [1.82, 2.24) is 5.32 Å². The number of nitrogens with one attached hydrogen (secondary N) is 3. The number of carbonyl (C=O) groups excluding carboxylic acids is 1. The lowest BCUT2D eigenvalue weighted by Gasteiger charge is -2.27. The van der Waals surface area contributed by atoms with E-state index in [9.17, 15) is 9.90 Å². The third kappa shape index (κ3) is 2.38. The Morgan fingerprint density at radius 3 is 2.96 bits per heavy atom. The minimum atomic E-state index is -0.388. The second-order valence-corrected chi connectivity index (χ2v) is 7.56. The minimum Gasteiger partial charge on any atom is -0.508 e. The molecule has 5 nitrogen and oxygen atoms in total. The highest BCUT2D eigenvalue weighted by Gasteiger charge is 2.34. The smallest absolute Gasteiger partial charge is 0.256 e. The maximum Gasteiger partial charge on any atom is 0.256 e. The molecule has 120 valence electrons. The zero-order valence-electron chi connectivity index (χ0n) is 13.2. The first-order valence-corrected chi connectivity index (χ1v) is 8.67. The van der Waals surface area contributed by atoms with Gasteiger partial charge in [0.2, 0.25) is 0 Å². The molecule has 0 aliphatic carbocycles. The van der Waals surface area contributed by atoms with Crippen LogP contribution in [-0.4, -0.2) is 24.6 Å². The molecule has 4 N–H and O–H groups in total. The molecule has 1 amide bonds. The van der Waals surface area contributed by atoms with Gasteiger partial charge in [-0.15, -0.1) is 11.3 Å². The van der Waals surface area contributed by atoms with E-state index in [2.05, 4.69) is 17.7 Å². The molecule has 0 saturated heterocycles. The van der Waals surface area contributed by atoms with Gasteiger partial charge in [0.25, 0.3) is 5.91 Å². The topological polar surface area (TPSA) is 65.8 Å². The Kier molecular flexibility index (Phi) is 3.32. The van der Waals surface area contributed by atoms with Crippen LogP contribution in [0.4, 0.5) is 5.00 Å². The van der Waals surface area contributed by atoms with Gasteiger partial charge in [-0.3, -0.25) is 4.79 Å². The fourth-order valence-corrected chi connectivity index (χ4v) is 4.77. The third-order valence-electron chi connectivity index (χ3n) is 4.63. The number of thiophene rings is 1. The molecule has 0 fully saturated rings. The molecule has 23 heavy (non-hydrogen) atoms. The number of anilines is 1. The van der Waals surface area contributed by atoms with E-state index in [0.717, 1.165) is 35.6 Å². The van der Waals surface area contributed by atoms with E-state index in [1.807, 2.05) is 19.1 Å². The van der Waals surface area contributed by atoms with E-state index in [0.29, 0.717) is 5.56 Å². The van der Waals surface area contributed by atoms with Gasteiger partial charge in [-0.05, 0) is 24.1 Å². The number of benzene rings is 1. The minimum absolute atomic E-state index is 0.0409. The molecule has 0 radical (unpaired) electrons. The van der Waals surface area contributed by atoms with Gasteiger partial charge in [-0.25, -0.2) is 0 Å². The lowest BCUT2D eigenvalue weighted by molar-refractivity contribution is -0.895. The van der Waals surface area contributed by atoms with E-state index in [-0.39, 0.29) is 17.8 Å². The summed E-state index contributed by atoms with van der Waals surface area (Å²) in [5.74, 6) is 0.164. The lowest BCUT2D eigenvalue weighted by atomic mass is 10.00. The number of fused-ring (bicyclic) bond motifs is 3. The summed E-state index contributed by atoms with van der Waals surface area (Å²) in [6, 6.07) is 5.52. The van der Waals surface area contributed by atoms with Crippen molar-refractivity contribution < 1.29 is 14.8 Å². The number of hydrogen-bond acceptors (Lipinski definition) is 4. The molecule has 2 atom stereocenters. The third-order valence-corrected chi connectivity index (χ3v) is 5.79. The maximum absolute atomic E-state index is 12.6. The van der Waals surface area contributed by atoms with Crippen LogP contribution in [0, 0.1) is 6.92 Å². The molecule has 3 heterocycles. The van der Waals surface area contributed by atoms with Crippen molar-refractivity contribution in [1.29, 1.82) is 0 Å². The van der Waals surface area contributed by atoms with Crippen LogP contribution in [0.25, 0.3) is 0 Å². The molecule has 6 heteroatoms. The molecule has 2 aliphatic heterocycles. The molecule has 2 aromatic rings. The van der Waals surface area contributed by atoms with Crippen LogP contribution in [-0.2, 0) is 13.0 Å². The number of phenols is 1. The van der Waals surface area contributed by atoms with Gasteiger partial charge in [0.15, 0.2) is 0 Å². The maximum atomic E-state index is 12.6. The Morgan fingerprint density at radius 1 is 1.35 bits per heavy atom. The van der Waals surface area contributed by atoms with Crippen LogP contribution in [0.5, 0.6) is 5.75 Å². The van der Waals surface area contributed by atoms with E-state index in [1.54, 1.807) is 17.4 Å². The molecular weight excluding hydrogens is 310 g/mol. The molecule has 2 aliphatic rings. The normalized spacial score (nSPS) is 22.8. The zero-order valence-corrected chi connectivity index (χ0v) is 14.0. The van der Waals surface area contributed by atoms with Crippen LogP contribution in [0.1, 0.15) is 38.1 Å². The predicted molar refractivity (Wildman–Crippen MR) is 90.2 cm³/mol. The number of carbonyl (C=O) groups is 1. The van der Waals surface area contributed by atoms with Gasteiger partial charge in [0, 0.05) is 12.0 Å². The van der Waals surface area contributed by atoms with Crippen molar-refractivity contribution in [2.75, 3.05) is 18.9 Å². The van der Waals surface area contributed by atoms with Crippen LogP contribution in [0.3, 0.4) is 0 Å². The quantitative estimate of drug-likeness (QED) is 0.635. The van der Waals surface area contributed by atoms with Gasteiger partial charge >= 0.3 is 0 Å². The first kappa shape index (κ1) is 14.5. The number of aryl methyl sites for hydroxylation is 1. The average Bonchev–Trinajstić information content (AvgIpc) is 2.84. The molecule has 1 aromatic heterocycles. The summed E-state index contributed by atoms with van der Waals surface area (Å²) < 4.78 is 0. The molecular formula is C17H20N3O2S+. The van der Waals surface area contributed by atoms with Crippen molar-refractivity contribution in [2.45, 2.75) is 26.1 Å². The van der Waals surface area contributed by atoms with E-state index in [4.69, 9.17) is 0 Å². The summed E-state index contributed by atoms with van der Waals surface area (Å²) in [6.45, 7) is 3.97. The Labute approximate surface area is 138 Å². The summed E-state index contributed by atoms with van der Waals surface area (Å²) in [5.41, 5.74) is 3.70. The van der Waals surface area contributed by atoms with Gasteiger partial charge in [-0.1, -0.05) is 12.1 Å². The summed E-state index contributed by atoms with van der Waals surface area (Å²) in [7, 11) is 2.18. The second-order valence-electron chi connectivity index (χ2n) is 6.45. The number of amides is 1. The van der Waals surface area contributed by atoms with Gasteiger partial charge in [0.05, 0.1) is 24.0 Å². The highest BCUT2D eigenvalue weighted by molar-refractivity contribution is 7.16. The standard InChI is InChI=1S/C17H19N3O2S/c1-9-3-4-10(12(21)7-9)15-18-16(22)14-11-5-6-20(2)8-13(11)23-17(14)19-15/h3-4,7,15,19,21H,5-6,8H2,1-2H3,(H,18,22)/p+1/t15-/m0/s1. The van der Waals surface area contributed by atoms with E-state index < -0.39 is 0 Å². The molecule has 0 spiro atoms. The van der Waals surface area contributed by atoms with Gasteiger partial charge in [0.1, 0.15) is 23.5 Å². The Hall–Kier alpha value is -2.05. The van der Waals surface area contributed by atoms with Crippen molar-refractivity contribution >= 4 is 22.2 Å². The molecule has 1 unspecified atom stereocenters. The first-order chi connectivity index (χ1) is 11.0. The monoisotopic (exact) mass is 330 g/mol. The van der Waals surface area contributed by atoms with Crippen molar-refractivity contribution in [3.63, 3.8) is 0 Å². The number of phenolic OH excluding ortho intramolecular Hbond substituents is 1. The molecule has 0 saturated carbocycles. The number of aromatic hydroxyl groups is 1. The highest BCUT2D eigenvalue weighted by Crippen LogP contribution is 2.40. The summed E-state index contributed by atoms with van der Waals surface area (Å²) in [6.07, 6.45) is 0.559.